The van der Waals surface area contributed by atoms with E-state index in [0.717, 1.165) is 30.2 Å². The molecule has 1 atom stereocenters. The van der Waals surface area contributed by atoms with Gasteiger partial charge in [-0.15, -0.1) is 0 Å². The van der Waals surface area contributed by atoms with E-state index in [1.807, 2.05) is 11.8 Å². The van der Waals surface area contributed by atoms with Gasteiger partial charge in [-0.1, -0.05) is 37.3 Å². The lowest BCUT2D eigenvalue weighted by Crippen LogP contribution is -2.38. The molecule has 3 N–H and O–H groups in total. The highest BCUT2D eigenvalue weighted by molar-refractivity contribution is 7.92. The Balaban J connectivity index is 1.61. The number of nitrogens with one attached hydrogen (secondary N) is 1. The Bertz CT molecular complexity index is 1090. The molecule has 1 aliphatic heterocycles. The molecule has 3 rings (SSSR count). The highest BCUT2D eigenvalue weighted by atomic mass is 32.2. The van der Waals surface area contributed by atoms with Crippen LogP contribution in [-0.2, 0) is 21.2 Å². The van der Waals surface area contributed by atoms with Gasteiger partial charge in [-0.3, -0.25) is 14.3 Å². The number of aryl methyl sites for hydroxylation is 1. The number of rotatable bonds is 7. The minimum absolute atomic E-state index is 0.0872. The predicted octanol–water partition coefficient (Wildman–Crippen LogP) is 3.05. The van der Waals surface area contributed by atoms with Crippen molar-refractivity contribution in [3.05, 3.63) is 64.7 Å². The van der Waals surface area contributed by atoms with Crippen molar-refractivity contribution in [3.8, 4) is 0 Å². The van der Waals surface area contributed by atoms with Crippen molar-refractivity contribution in [2.24, 2.45) is 11.7 Å². The molecule has 1 saturated heterocycles. The number of primary amides is 1. The Hall–Kier alpha value is -2.87. The van der Waals surface area contributed by atoms with E-state index in [1.54, 1.807) is 25.1 Å². The van der Waals surface area contributed by atoms with Gasteiger partial charge in [-0.05, 0) is 60.9 Å². The topological polar surface area (TPSA) is 110 Å². The molecule has 2 aromatic carbocycles. The fraction of sp³-hybridized carbons (Fsp3) is 0.417. The third-order valence-electron chi connectivity index (χ3n) is 6.04. The standard InChI is InChI=1S/C24H31N3O4S/c1-16-4-7-21(15-22(16)26-32(3,30)31)24(29)27-12-10-20(11-13-27)19-8-5-18(6-9-19)14-17(2)23(25)28/h4-9,15,17,20,26H,10-14H2,1-3H3,(H2,25,28). The number of piperidine rings is 1. The van der Waals surface area contributed by atoms with Gasteiger partial charge in [0.1, 0.15) is 0 Å². The normalized spacial score (nSPS) is 15.9. The molecule has 2 amide bonds. The molecule has 8 heteroatoms. The van der Waals surface area contributed by atoms with Crippen LogP contribution in [0.4, 0.5) is 5.69 Å². The van der Waals surface area contributed by atoms with E-state index in [9.17, 15) is 18.0 Å². The number of carbonyl (C=O) groups is 2. The second-order valence-corrected chi connectivity index (χ2v) is 10.5. The Labute approximate surface area is 190 Å². The zero-order valence-electron chi connectivity index (χ0n) is 18.8. The second kappa shape index (κ2) is 9.73. The summed E-state index contributed by atoms with van der Waals surface area (Å²) in [6.07, 6.45) is 3.46. The summed E-state index contributed by atoms with van der Waals surface area (Å²) in [5.41, 5.74) is 9.35. The Morgan fingerprint density at radius 3 is 2.31 bits per heavy atom. The van der Waals surface area contributed by atoms with Crippen LogP contribution in [0, 0.1) is 12.8 Å². The third kappa shape index (κ3) is 6.09. The van der Waals surface area contributed by atoms with Crippen molar-refractivity contribution < 1.29 is 18.0 Å². The number of hydrogen-bond acceptors (Lipinski definition) is 4. The van der Waals surface area contributed by atoms with Crippen LogP contribution in [0.2, 0.25) is 0 Å². The van der Waals surface area contributed by atoms with Gasteiger partial charge in [0.25, 0.3) is 5.91 Å². The molecule has 0 saturated carbocycles. The number of nitrogens with zero attached hydrogens (tertiary/aromatic N) is 1. The van der Waals surface area contributed by atoms with Crippen LogP contribution in [0.1, 0.15) is 52.7 Å². The van der Waals surface area contributed by atoms with Crippen LogP contribution in [0.15, 0.2) is 42.5 Å². The number of carbonyl (C=O) groups excluding carboxylic acids is 2. The monoisotopic (exact) mass is 457 g/mol. The van der Waals surface area contributed by atoms with Crippen molar-refractivity contribution in [1.82, 2.24) is 4.90 Å². The lowest BCUT2D eigenvalue weighted by Gasteiger charge is -2.32. The van der Waals surface area contributed by atoms with Crippen molar-refractivity contribution in [3.63, 3.8) is 0 Å². The number of benzene rings is 2. The summed E-state index contributed by atoms with van der Waals surface area (Å²) >= 11 is 0. The lowest BCUT2D eigenvalue weighted by atomic mass is 9.88. The van der Waals surface area contributed by atoms with E-state index in [2.05, 4.69) is 29.0 Å². The summed E-state index contributed by atoms with van der Waals surface area (Å²) in [5.74, 6) is -0.193. The zero-order valence-corrected chi connectivity index (χ0v) is 19.6. The predicted molar refractivity (Wildman–Crippen MR) is 126 cm³/mol. The molecule has 0 aliphatic carbocycles. The number of amides is 2. The minimum Gasteiger partial charge on any atom is -0.369 e. The van der Waals surface area contributed by atoms with Gasteiger partial charge < -0.3 is 10.6 Å². The average molecular weight is 458 g/mol. The summed E-state index contributed by atoms with van der Waals surface area (Å²) < 4.78 is 25.6. The van der Waals surface area contributed by atoms with Gasteiger partial charge in [0.2, 0.25) is 15.9 Å². The van der Waals surface area contributed by atoms with Crippen LogP contribution in [0.3, 0.4) is 0 Å². The maximum absolute atomic E-state index is 13.0. The van der Waals surface area contributed by atoms with Crippen molar-refractivity contribution in [2.45, 2.75) is 39.0 Å². The van der Waals surface area contributed by atoms with Crippen molar-refractivity contribution >= 4 is 27.5 Å². The van der Waals surface area contributed by atoms with Gasteiger partial charge in [-0.2, -0.15) is 0 Å². The smallest absolute Gasteiger partial charge is 0.253 e. The van der Waals surface area contributed by atoms with Crippen molar-refractivity contribution in [2.75, 3.05) is 24.1 Å². The summed E-state index contributed by atoms with van der Waals surface area (Å²) in [6, 6.07) is 13.4. The maximum Gasteiger partial charge on any atom is 0.253 e. The first-order valence-electron chi connectivity index (χ1n) is 10.8. The summed E-state index contributed by atoms with van der Waals surface area (Å²) in [7, 11) is -3.42. The SMILES string of the molecule is Cc1ccc(C(=O)N2CCC(c3ccc(CC(C)C(N)=O)cc3)CC2)cc1NS(C)(=O)=O. The number of anilines is 1. The second-order valence-electron chi connectivity index (χ2n) is 8.72. The third-order valence-corrected chi connectivity index (χ3v) is 6.63. The highest BCUT2D eigenvalue weighted by Crippen LogP contribution is 2.29. The first-order chi connectivity index (χ1) is 15.0. The Kier molecular flexibility index (Phi) is 7.23. The fourth-order valence-electron chi connectivity index (χ4n) is 4.04. The van der Waals surface area contributed by atoms with E-state index in [-0.39, 0.29) is 17.7 Å². The molecule has 1 aliphatic rings. The molecule has 7 nitrogen and oxygen atoms in total. The number of nitrogens with two attached hydrogens (primary N) is 1. The van der Waals surface area contributed by atoms with Crippen LogP contribution < -0.4 is 10.5 Å². The van der Waals surface area contributed by atoms with E-state index in [1.165, 1.54) is 5.56 Å². The first-order valence-corrected chi connectivity index (χ1v) is 12.7. The quantitative estimate of drug-likeness (QED) is 0.666. The van der Waals surface area contributed by atoms with Crippen molar-refractivity contribution in [1.29, 1.82) is 0 Å². The molecule has 2 aromatic rings. The van der Waals surface area contributed by atoms with Gasteiger partial charge in [0.05, 0.1) is 11.9 Å². The molecule has 172 valence electrons. The van der Waals surface area contributed by atoms with E-state index in [4.69, 9.17) is 5.73 Å². The van der Waals surface area contributed by atoms with E-state index >= 15 is 0 Å². The summed E-state index contributed by atoms with van der Waals surface area (Å²) in [5, 5.41) is 0. The molecule has 32 heavy (non-hydrogen) atoms. The Morgan fingerprint density at radius 1 is 1.12 bits per heavy atom. The van der Waals surface area contributed by atoms with Crippen LogP contribution in [0.5, 0.6) is 0 Å². The average Bonchev–Trinajstić information content (AvgIpc) is 2.74. The summed E-state index contributed by atoms with van der Waals surface area (Å²) in [6.45, 7) is 4.92. The molecule has 0 spiro atoms. The molecule has 1 fully saturated rings. The van der Waals surface area contributed by atoms with Gasteiger partial charge >= 0.3 is 0 Å². The molecule has 1 unspecified atom stereocenters. The zero-order chi connectivity index (χ0) is 23.5. The highest BCUT2D eigenvalue weighted by Gasteiger charge is 2.25. The largest absolute Gasteiger partial charge is 0.369 e. The molecule has 0 bridgehead atoms. The molecule has 1 heterocycles. The van der Waals surface area contributed by atoms with E-state index < -0.39 is 10.0 Å². The van der Waals surface area contributed by atoms with Crippen LogP contribution in [-0.4, -0.2) is 44.5 Å². The minimum atomic E-state index is -3.42. The fourth-order valence-corrected chi connectivity index (χ4v) is 4.66. The maximum atomic E-state index is 13.0. The van der Waals surface area contributed by atoms with Crippen LogP contribution in [0.25, 0.3) is 0 Å². The molecular weight excluding hydrogens is 426 g/mol. The Morgan fingerprint density at radius 2 is 1.75 bits per heavy atom. The lowest BCUT2D eigenvalue weighted by molar-refractivity contribution is -0.121. The number of sulfonamides is 1. The molecular formula is C24H31N3O4S. The van der Waals surface area contributed by atoms with Gasteiger partial charge in [0, 0.05) is 24.6 Å². The number of hydrogen-bond donors (Lipinski definition) is 2. The van der Waals surface area contributed by atoms with Crippen LogP contribution >= 0.6 is 0 Å². The first kappa shape index (κ1) is 23.8. The van der Waals surface area contributed by atoms with Gasteiger partial charge in [-0.25, -0.2) is 8.42 Å². The molecule has 0 aromatic heterocycles. The summed E-state index contributed by atoms with van der Waals surface area (Å²) in [4.78, 5) is 26.1. The molecule has 0 radical (unpaired) electrons. The number of likely N-dealkylation sites (tertiary alicyclic amines) is 1. The van der Waals surface area contributed by atoms with E-state index in [0.29, 0.717) is 36.7 Å². The van der Waals surface area contributed by atoms with Gasteiger partial charge in [0.15, 0.2) is 0 Å².